The van der Waals surface area contributed by atoms with E-state index in [2.05, 4.69) is 15.3 Å². The summed E-state index contributed by atoms with van der Waals surface area (Å²) in [6.45, 7) is 3.77. The van der Waals surface area contributed by atoms with E-state index in [9.17, 15) is 13.2 Å². The molecule has 0 spiro atoms. The molecular weight excluding hydrogens is 311 g/mol. The minimum Gasteiger partial charge on any atom is -0.493 e. The number of benzene rings is 1. The normalized spacial score (nSPS) is 21.4. The number of hydrogen-bond donors (Lipinski definition) is 3. The van der Waals surface area contributed by atoms with E-state index in [0.29, 0.717) is 0 Å². The van der Waals surface area contributed by atoms with Crippen LogP contribution in [-0.2, 0) is 5.79 Å². The van der Waals surface area contributed by atoms with Crippen LogP contribution in [0.1, 0.15) is 25.0 Å². The number of nitrogens with two attached hydrogens (primary N) is 2. The number of nitrogens with zero attached hydrogens (tertiary/aromatic N) is 2. The SMILES string of the molecule is COc1c(F)cc(C)c(F)c1C1(N)N=C(N)NC(C(C)(C)F)=N1. The van der Waals surface area contributed by atoms with Gasteiger partial charge in [-0.1, -0.05) is 0 Å². The molecule has 0 radical (unpaired) electrons. The zero-order valence-electron chi connectivity index (χ0n) is 13.2. The van der Waals surface area contributed by atoms with Gasteiger partial charge in [-0.15, -0.1) is 0 Å². The predicted molar refractivity (Wildman–Crippen MR) is 80.9 cm³/mol. The third-order valence-corrected chi connectivity index (χ3v) is 3.31. The van der Waals surface area contributed by atoms with Gasteiger partial charge in [0, 0.05) is 0 Å². The maximum absolute atomic E-state index is 14.6. The van der Waals surface area contributed by atoms with Gasteiger partial charge in [0.25, 0.3) is 0 Å². The molecule has 1 unspecified atom stereocenters. The Balaban J connectivity index is 2.78. The monoisotopic (exact) mass is 329 g/mol. The lowest BCUT2D eigenvalue weighted by Gasteiger charge is -2.32. The van der Waals surface area contributed by atoms with Crippen molar-refractivity contribution in [3.05, 3.63) is 28.8 Å². The van der Waals surface area contributed by atoms with Gasteiger partial charge >= 0.3 is 0 Å². The van der Waals surface area contributed by atoms with Crippen LogP contribution < -0.4 is 21.5 Å². The summed E-state index contributed by atoms with van der Waals surface area (Å²) >= 11 is 0. The Morgan fingerprint density at radius 2 is 1.91 bits per heavy atom. The summed E-state index contributed by atoms with van der Waals surface area (Å²) in [5.74, 6) is -4.84. The predicted octanol–water partition coefficient (Wildman–Crippen LogP) is 1.42. The number of aliphatic imine (C=N–C) groups is 2. The van der Waals surface area contributed by atoms with Gasteiger partial charge in [0.2, 0.25) is 5.79 Å². The molecule has 0 bridgehead atoms. The largest absolute Gasteiger partial charge is 0.493 e. The number of ether oxygens (including phenoxy) is 1. The summed E-state index contributed by atoms with van der Waals surface area (Å²) in [6, 6.07) is 0.957. The molecule has 2 rings (SSSR count). The van der Waals surface area contributed by atoms with Gasteiger partial charge in [-0.2, -0.15) is 0 Å². The van der Waals surface area contributed by atoms with Crippen LogP contribution in [-0.4, -0.2) is 24.6 Å². The van der Waals surface area contributed by atoms with E-state index in [1.165, 1.54) is 20.8 Å². The van der Waals surface area contributed by atoms with E-state index in [-0.39, 0.29) is 17.4 Å². The Bertz CT molecular complexity index is 711. The number of methoxy groups -OCH3 is 1. The number of rotatable bonds is 3. The van der Waals surface area contributed by atoms with E-state index in [1.54, 1.807) is 0 Å². The van der Waals surface area contributed by atoms with E-state index in [4.69, 9.17) is 16.2 Å². The fraction of sp³-hybridized carbons (Fsp3) is 0.429. The van der Waals surface area contributed by atoms with Crippen molar-refractivity contribution in [2.75, 3.05) is 7.11 Å². The van der Waals surface area contributed by atoms with Crippen LogP contribution in [0.15, 0.2) is 16.1 Å². The Morgan fingerprint density at radius 3 is 2.43 bits per heavy atom. The van der Waals surface area contributed by atoms with Gasteiger partial charge in [0.15, 0.2) is 23.2 Å². The number of halogens is 3. The lowest BCUT2D eigenvalue weighted by molar-refractivity contribution is 0.298. The van der Waals surface area contributed by atoms with Gasteiger partial charge in [0.05, 0.1) is 12.7 Å². The van der Waals surface area contributed by atoms with Crippen molar-refractivity contribution in [2.45, 2.75) is 32.2 Å². The highest BCUT2D eigenvalue weighted by Gasteiger charge is 2.41. The summed E-state index contributed by atoms with van der Waals surface area (Å²) in [7, 11) is 1.15. The second-order valence-corrected chi connectivity index (χ2v) is 5.68. The van der Waals surface area contributed by atoms with Crippen LogP contribution in [0.3, 0.4) is 0 Å². The Kier molecular flexibility index (Phi) is 4.02. The molecule has 1 aliphatic heterocycles. The van der Waals surface area contributed by atoms with Crippen LogP contribution in [0.5, 0.6) is 5.75 Å². The molecule has 1 atom stereocenters. The molecule has 6 nitrogen and oxygen atoms in total. The molecule has 0 aromatic heterocycles. The van der Waals surface area contributed by atoms with Crippen LogP contribution in [0.2, 0.25) is 0 Å². The highest BCUT2D eigenvalue weighted by molar-refractivity contribution is 6.04. The van der Waals surface area contributed by atoms with Crippen LogP contribution in [0.25, 0.3) is 0 Å². The molecule has 0 aliphatic carbocycles. The van der Waals surface area contributed by atoms with Crippen molar-refractivity contribution in [3.63, 3.8) is 0 Å². The molecule has 0 fully saturated rings. The maximum atomic E-state index is 14.6. The summed E-state index contributed by atoms with van der Waals surface area (Å²) < 4.78 is 47.8. The first kappa shape index (κ1) is 17.1. The number of amidine groups is 1. The Morgan fingerprint density at radius 1 is 1.30 bits per heavy atom. The van der Waals surface area contributed by atoms with E-state index < -0.39 is 34.4 Å². The third kappa shape index (κ3) is 2.96. The molecule has 5 N–H and O–H groups in total. The standard InChI is InChI=1S/C14H18F3N5O/c1-6-5-7(15)10(23-4)8(9(6)16)14(19)21-11(13(2,3)17)20-12(18)22-14/h5H,19H2,1-4H3,(H3,18,20,21,22). The summed E-state index contributed by atoms with van der Waals surface area (Å²) in [5.41, 5.74) is 9.21. The first-order valence-electron chi connectivity index (χ1n) is 6.73. The zero-order valence-corrected chi connectivity index (χ0v) is 13.2. The quantitative estimate of drug-likeness (QED) is 0.781. The van der Waals surface area contributed by atoms with Gasteiger partial charge in [0.1, 0.15) is 11.7 Å². The number of hydrogen-bond acceptors (Lipinski definition) is 6. The van der Waals surface area contributed by atoms with Crippen molar-refractivity contribution in [1.82, 2.24) is 5.32 Å². The average Bonchev–Trinajstić information content (AvgIpc) is 2.40. The van der Waals surface area contributed by atoms with Crippen molar-refractivity contribution in [3.8, 4) is 5.75 Å². The number of nitrogens with one attached hydrogen (secondary N) is 1. The minimum atomic E-state index is -2.16. The van der Waals surface area contributed by atoms with Gasteiger partial charge in [-0.25, -0.2) is 23.2 Å². The van der Waals surface area contributed by atoms with Gasteiger partial charge in [-0.3, -0.25) is 5.73 Å². The smallest absolute Gasteiger partial charge is 0.240 e. The second kappa shape index (κ2) is 5.41. The molecule has 1 aliphatic rings. The van der Waals surface area contributed by atoms with Crippen LogP contribution in [0, 0.1) is 18.6 Å². The molecule has 1 aromatic carbocycles. The zero-order chi connectivity index (χ0) is 17.6. The molecular formula is C14H18F3N5O. The highest BCUT2D eigenvalue weighted by atomic mass is 19.1. The second-order valence-electron chi connectivity index (χ2n) is 5.68. The Labute approximate surface area is 131 Å². The summed E-state index contributed by atoms with van der Waals surface area (Å²) in [4.78, 5) is 7.73. The molecule has 1 heterocycles. The molecule has 0 saturated carbocycles. The molecule has 23 heavy (non-hydrogen) atoms. The fourth-order valence-electron chi connectivity index (χ4n) is 2.21. The first-order valence-corrected chi connectivity index (χ1v) is 6.73. The average molecular weight is 329 g/mol. The first-order chi connectivity index (χ1) is 10.5. The maximum Gasteiger partial charge on any atom is 0.240 e. The topological polar surface area (TPSA) is 98.0 Å². The van der Waals surface area contributed by atoms with Gasteiger partial charge in [-0.05, 0) is 32.4 Å². The summed E-state index contributed by atoms with van der Waals surface area (Å²) in [6.07, 6.45) is 0. The molecule has 1 aromatic rings. The molecule has 9 heteroatoms. The summed E-state index contributed by atoms with van der Waals surface area (Å²) in [5, 5.41) is 2.43. The van der Waals surface area contributed by atoms with Crippen LogP contribution >= 0.6 is 0 Å². The Hall–Kier alpha value is -2.29. The molecule has 126 valence electrons. The third-order valence-electron chi connectivity index (χ3n) is 3.31. The molecule has 0 saturated heterocycles. The van der Waals surface area contributed by atoms with Crippen molar-refractivity contribution >= 4 is 11.8 Å². The van der Waals surface area contributed by atoms with E-state index >= 15 is 0 Å². The number of aryl methyl sites for hydroxylation is 1. The van der Waals surface area contributed by atoms with Crippen LogP contribution in [0.4, 0.5) is 13.2 Å². The highest BCUT2D eigenvalue weighted by Crippen LogP contribution is 2.38. The van der Waals surface area contributed by atoms with E-state index in [1.807, 2.05) is 0 Å². The van der Waals surface area contributed by atoms with Crippen molar-refractivity contribution in [2.24, 2.45) is 21.5 Å². The molecule has 0 amide bonds. The van der Waals surface area contributed by atoms with Crippen molar-refractivity contribution < 1.29 is 17.9 Å². The lowest BCUT2D eigenvalue weighted by Crippen LogP contribution is -2.54. The van der Waals surface area contributed by atoms with Crippen molar-refractivity contribution in [1.29, 1.82) is 0 Å². The number of guanidine groups is 1. The minimum absolute atomic E-state index is 0.0216. The lowest BCUT2D eigenvalue weighted by atomic mass is 10.0. The fourth-order valence-corrected chi connectivity index (χ4v) is 2.21. The van der Waals surface area contributed by atoms with E-state index in [0.717, 1.165) is 13.2 Å². The van der Waals surface area contributed by atoms with Gasteiger partial charge < -0.3 is 15.8 Å². The number of alkyl halides is 1.